The highest BCUT2D eigenvalue weighted by Crippen LogP contribution is 2.31. The summed E-state index contributed by atoms with van der Waals surface area (Å²) < 4.78 is 1.54. The highest BCUT2D eigenvalue weighted by molar-refractivity contribution is 7.17. The third kappa shape index (κ3) is 3.34. The topological polar surface area (TPSA) is 78.0 Å². The standard InChI is InChI=1S/C19H12ClN3O3S/c20-14-3-1-2-12(8-14)9-22-11-21-18-17(19(22)24)16(10-27-18)13-4-6-15(7-5-13)23(25)26/h1-8,10-11H,9H2. The van der Waals surface area contributed by atoms with Crippen LogP contribution >= 0.6 is 22.9 Å². The van der Waals surface area contributed by atoms with Gasteiger partial charge in [-0.05, 0) is 35.4 Å². The minimum Gasteiger partial charge on any atom is -0.294 e. The van der Waals surface area contributed by atoms with E-state index in [9.17, 15) is 14.9 Å². The predicted octanol–water partition coefficient (Wildman–Crippen LogP) is 4.73. The van der Waals surface area contributed by atoms with Gasteiger partial charge in [-0.25, -0.2) is 4.98 Å². The number of nitro groups is 1. The fraction of sp³-hybridized carbons (Fsp3) is 0.0526. The Labute approximate surface area is 162 Å². The van der Waals surface area contributed by atoms with Gasteiger partial charge in [-0.3, -0.25) is 19.5 Å². The molecule has 0 amide bonds. The van der Waals surface area contributed by atoms with Crippen molar-refractivity contribution in [3.63, 3.8) is 0 Å². The molecule has 4 aromatic rings. The van der Waals surface area contributed by atoms with Crippen LogP contribution in [0.5, 0.6) is 0 Å². The summed E-state index contributed by atoms with van der Waals surface area (Å²) in [5.74, 6) is 0. The maximum atomic E-state index is 13.0. The van der Waals surface area contributed by atoms with E-state index in [4.69, 9.17) is 11.6 Å². The normalized spacial score (nSPS) is 11.0. The van der Waals surface area contributed by atoms with Gasteiger partial charge in [0.25, 0.3) is 11.2 Å². The van der Waals surface area contributed by atoms with Crippen LogP contribution in [-0.4, -0.2) is 14.5 Å². The minimum atomic E-state index is -0.449. The van der Waals surface area contributed by atoms with Crippen molar-refractivity contribution in [1.82, 2.24) is 9.55 Å². The highest BCUT2D eigenvalue weighted by atomic mass is 35.5. The third-order valence-electron chi connectivity index (χ3n) is 4.19. The van der Waals surface area contributed by atoms with E-state index in [2.05, 4.69) is 4.98 Å². The van der Waals surface area contributed by atoms with Crippen LogP contribution in [-0.2, 0) is 6.54 Å². The molecule has 0 saturated carbocycles. The average Bonchev–Trinajstić information content (AvgIpc) is 3.09. The Kier molecular flexibility index (Phi) is 4.47. The van der Waals surface area contributed by atoms with Gasteiger partial charge < -0.3 is 0 Å². The van der Waals surface area contributed by atoms with Crippen LogP contribution in [0.1, 0.15) is 5.56 Å². The van der Waals surface area contributed by atoms with Crippen molar-refractivity contribution in [3.05, 3.63) is 91.3 Å². The van der Waals surface area contributed by atoms with Crippen molar-refractivity contribution in [2.24, 2.45) is 0 Å². The Balaban J connectivity index is 1.79. The van der Waals surface area contributed by atoms with Crippen LogP contribution in [0.15, 0.2) is 65.0 Å². The summed E-state index contributed by atoms with van der Waals surface area (Å²) in [5, 5.41) is 13.8. The van der Waals surface area contributed by atoms with Gasteiger partial charge >= 0.3 is 0 Å². The van der Waals surface area contributed by atoms with Crippen molar-refractivity contribution in [1.29, 1.82) is 0 Å². The van der Waals surface area contributed by atoms with E-state index in [0.29, 0.717) is 21.8 Å². The molecule has 134 valence electrons. The Morgan fingerprint density at radius 3 is 2.67 bits per heavy atom. The maximum absolute atomic E-state index is 13.0. The molecule has 0 fully saturated rings. The van der Waals surface area contributed by atoms with Crippen molar-refractivity contribution in [2.45, 2.75) is 6.54 Å². The fourth-order valence-electron chi connectivity index (χ4n) is 2.89. The molecular formula is C19H12ClN3O3S. The van der Waals surface area contributed by atoms with E-state index < -0.39 is 4.92 Å². The van der Waals surface area contributed by atoms with E-state index in [1.54, 1.807) is 18.2 Å². The molecule has 0 N–H and O–H groups in total. The molecule has 0 aliphatic heterocycles. The van der Waals surface area contributed by atoms with Gasteiger partial charge in [-0.15, -0.1) is 11.3 Å². The van der Waals surface area contributed by atoms with Crippen LogP contribution in [0, 0.1) is 10.1 Å². The number of rotatable bonds is 4. The number of nitro benzene ring substituents is 1. The molecule has 0 unspecified atom stereocenters. The summed E-state index contributed by atoms with van der Waals surface area (Å²) in [5.41, 5.74) is 2.22. The van der Waals surface area contributed by atoms with E-state index in [1.807, 2.05) is 23.6 Å². The van der Waals surface area contributed by atoms with Gasteiger partial charge in [0.15, 0.2) is 0 Å². The van der Waals surface area contributed by atoms with Crippen LogP contribution < -0.4 is 5.56 Å². The van der Waals surface area contributed by atoms with Gasteiger partial charge in [0.05, 0.1) is 23.2 Å². The molecule has 0 spiro atoms. The number of aromatic nitrogens is 2. The third-order valence-corrected chi connectivity index (χ3v) is 5.31. The number of halogens is 1. The maximum Gasteiger partial charge on any atom is 0.269 e. The number of fused-ring (bicyclic) bond motifs is 1. The summed E-state index contributed by atoms with van der Waals surface area (Å²) in [6.07, 6.45) is 1.53. The smallest absolute Gasteiger partial charge is 0.269 e. The van der Waals surface area contributed by atoms with E-state index in [-0.39, 0.29) is 11.2 Å². The number of hydrogen-bond donors (Lipinski definition) is 0. The molecule has 0 aliphatic carbocycles. The van der Waals surface area contributed by atoms with Gasteiger partial charge in [0.2, 0.25) is 0 Å². The molecule has 0 atom stereocenters. The van der Waals surface area contributed by atoms with Crippen molar-refractivity contribution >= 4 is 38.8 Å². The Hall–Kier alpha value is -3.03. The van der Waals surface area contributed by atoms with Gasteiger partial charge in [0.1, 0.15) is 4.83 Å². The van der Waals surface area contributed by atoms with Crippen LogP contribution in [0.2, 0.25) is 5.02 Å². The summed E-state index contributed by atoms with van der Waals surface area (Å²) >= 11 is 7.39. The van der Waals surface area contributed by atoms with E-state index >= 15 is 0 Å². The average molecular weight is 398 g/mol. The van der Waals surface area contributed by atoms with Crippen LogP contribution in [0.25, 0.3) is 21.3 Å². The zero-order chi connectivity index (χ0) is 19.0. The molecule has 0 radical (unpaired) electrons. The number of non-ortho nitro benzene ring substituents is 1. The van der Waals surface area contributed by atoms with Crippen molar-refractivity contribution in [3.8, 4) is 11.1 Å². The summed E-state index contributed by atoms with van der Waals surface area (Å²) in [6.45, 7) is 0.359. The lowest BCUT2D eigenvalue weighted by Gasteiger charge is -2.07. The second-order valence-electron chi connectivity index (χ2n) is 5.94. The monoisotopic (exact) mass is 397 g/mol. The first kappa shape index (κ1) is 17.4. The molecule has 2 heterocycles. The zero-order valence-electron chi connectivity index (χ0n) is 13.8. The number of thiophene rings is 1. The first-order valence-electron chi connectivity index (χ1n) is 7.99. The highest BCUT2D eigenvalue weighted by Gasteiger charge is 2.14. The van der Waals surface area contributed by atoms with E-state index in [0.717, 1.165) is 16.7 Å². The summed E-state index contributed by atoms with van der Waals surface area (Å²) in [4.78, 5) is 28.5. The Morgan fingerprint density at radius 2 is 1.96 bits per heavy atom. The summed E-state index contributed by atoms with van der Waals surface area (Å²) in [6, 6.07) is 13.5. The molecule has 2 aromatic carbocycles. The second kappa shape index (κ2) is 6.94. The quantitative estimate of drug-likeness (QED) is 0.368. The van der Waals surface area contributed by atoms with Gasteiger partial charge in [-0.2, -0.15) is 0 Å². The summed E-state index contributed by atoms with van der Waals surface area (Å²) in [7, 11) is 0. The molecule has 2 aromatic heterocycles. The molecular weight excluding hydrogens is 386 g/mol. The molecule has 8 heteroatoms. The first-order chi connectivity index (χ1) is 13.0. The molecule has 0 bridgehead atoms. The lowest BCUT2D eigenvalue weighted by molar-refractivity contribution is -0.384. The number of hydrogen-bond acceptors (Lipinski definition) is 5. The van der Waals surface area contributed by atoms with Crippen LogP contribution in [0.4, 0.5) is 5.69 Å². The lowest BCUT2D eigenvalue weighted by atomic mass is 10.1. The van der Waals surface area contributed by atoms with Gasteiger partial charge in [-0.1, -0.05) is 23.7 Å². The molecule has 27 heavy (non-hydrogen) atoms. The SMILES string of the molecule is O=c1c2c(-c3ccc([N+](=O)[O-])cc3)csc2ncn1Cc1cccc(Cl)c1. The predicted molar refractivity (Wildman–Crippen MR) is 107 cm³/mol. The second-order valence-corrected chi connectivity index (χ2v) is 7.24. The van der Waals surface area contributed by atoms with Gasteiger partial charge in [0, 0.05) is 28.1 Å². The first-order valence-corrected chi connectivity index (χ1v) is 9.24. The largest absolute Gasteiger partial charge is 0.294 e. The van der Waals surface area contributed by atoms with Crippen molar-refractivity contribution < 1.29 is 4.92 Å². The fourth-order valence-corrected chi connectivity index (χ4v) is 4.01. The molecule has 4 rings (SSSR count). The molecule has 0 saturated heterocycles. The lowest BCUT2D eigenvalue weighted by Crippen LogP contribution is -2.20. The zero-order valence-corrected chi connectivity index (χ0v) is 15.4. The Bertz CT molecular complexity index is 1220. The van der Waals surface area contributed by atoms with Crippen LogP contribution in [0.3, 0.4) is 0 Å². The number of benzene rings is 2. The number of nitrogens with zero attached hydrogens (tertiary/aromatic N) is 3. The molecule has 0 aliphatic rings. The molecule has 6 nitrogen and oxygen atoms in total. The minimum absolute atomic E-state index is 0.00905. The van der Waals surface area contributed by atoms with E-state index in [1.165, 1.54) is 34.4 Å². The Morgan fingerprint density at radius 1 is 1.19 bits per heavy atom. The van der Waals surface area contributed by atoms with Crippen molar-refractivity contribution in [2.75, 3.05) is 0 Å².